The number of likely N-dealkylation sites (tertiary alicyclic amines) is 1. The first-order chi connectivity index (χ1) is 8.24. The number of aliphatic hydroxyl groups excluding tert-OH is 1. The molecule has 2 rings (SSSR count). The molecule has 1 fully saturated rings. The largest absolute Gasteiger partial charge is 0.396 e. The lowest BCUT2D eigenvalue weighted by Gasteiger charge is -2.34. The summed E-state index contributed by atoms with van der Waals surface area (Å²) >= 11 is 0. The van der Waals surface area contributed by atoms with E-state index in [1.165, 1.54) is 0 Å². The zero-order valence-electron chi connectivity index (χ0n) is 10.1. The van der Waals surface area contributed by atoms with E-state index >= 15 is 0 Å². The van der Waals surface area contributed by atoms with Crippen molar-refractivity contribution in [2.24, 2.45) is 0 Å². The number of carbonyl (C=O) groups excluding carboxylic acids is 1. The zero-order chi connectivity index (χ0) is 12.3. The van der Waals surface area contributed by atoms with Crippen molar-refractivity contribution in [3.63, 3.8) is 0 Å². The van der Waals surface area contributed by atoms with E-state index in [1.54, 1.807) is 6.20 Å². The van der Waals surface area contributed by atoms with Crippen LogP contribution in [0.5, 0.6) is 0 Å². The summed E-state index contributed by atoms with van der Waals surface area (Å²) in [4.78, 5) is 14.1. The van der Waals surface area contributed by atoms with Crippen LogP contribution in [0.25, 0.3) is 0 Å². The molecule has 1 N–H and O–H groups in total. The van der Waals surface area contributed by atoms with Crippen LogP contribution < -0.4 is 0 Å². The van der Waals surface area contributed by atoms with Gasteiger partial charge in [-0.3, -0.25) is 4.79 Å². The topological polar surface area (TPSA) is 66.6 Å². The minimum Gasteiger partial charge on any atom is -0.396 e. The summed E-state index contributed by atoms with van der Waals surface area (Å²) in [5, 5.41) is 12.7. The molecule has 1 atom stereocenters. The number of aliphatic hydroxyl groups is 1. The van der Waals surface area contributed by atoms with Crippen LogP contribution in [-0.2, 0) is 0 Å². The molecule has 2 heterocycles. The number of carbonyl (C=O) groups is 1. The van der Waals surface area contributed by atoms with Crippen LogP contribution in [-0.4, -0.2) is 40.3 Å². The monoisotopic (exact) mass is 238 g/mol. The zero-order valence-corrected chi connectivity index (χ0v) is 10.1. The molecule has 5 nitrogen and oxygen atoms in total. The molecule has 5 heteroatoms. The number of hydrogen-bond acceptors (Lipinski definition) is 4. The summed E-state index contributed by atoms with van der Waals surface area (Å²) in [5.74, 6) is 0.230. The molecule has 1 aliphatic heterocycles. The van der Waals surface area contributed by atoms with Gasteiger partial charge < -0.3 is 14.5 Å². The molecule has 0 saturated carbocycles. The third-order valence-electron chi connectivity index (χ3n) is 3.29. The van der Waals surface area contributed by atoms with Gasteiger partial charge in [0.2, 0.25) is 5.76 Å². The molecule has 0 aliphatic carbocycles. The van der Waals surface area contributed by atoms with E-state index < -0.39 is 0 Å². The molecule has 0 spiro atoms. The van der Waals surface area contributed by atoms with Crippen molar-refractivity contribution in [1.29, 1.82) is 0 Å². The quantitative estimate of drug-likeness (QED) is 0.863. The summed E-state index contributed by atoms with van der Waals surface area (Å²) in [7, 11) is 0. The SMILES string of the molecule is Cc1cnoc1C(=O)N1CCCCC1CCO. The fourth-order valence-electron chi connectivity index (χ4n) is 2.34. The molecule has 1 unspecified atom stereocenters. The van der Waals surface area contributed by atoms with Crippen molar-refractivity contribution in [3.05, 3.63) is 17.5 Å². The van der Waals surface area contributed by atoms with Crippen LogP contribution in [0.4, 0.5) is 0 Å². The van der Waals surface area contributed by atoms with Crippen molar-refractivity contribution in [1.82, 2.24) is 10.1 Å². The summed E-state index contributed by atoms with van der Waals surface area (Å²) in [6.45, 7) is 2.67. The molecule has 94 valence electrons. The van der Waals surface area contributed by atoms with E-state index in [9.17, 15) is 4.79 Å². The first-order valence-electron chi connectivity index (χ1n) is 6.07. The summed E-state index contributed by atoms with van der Waals surface area (Å²) < 4.78 is 5.00. The lowest BCUT2D eigenvalue weighted by molar-refractivity contribution is 0.0532. The van der Waals surface area contributed by atoms with Crippen LogP contribution in [0.2, 0.25) is 0 Å². The van der Waals surface area contributed by atoms with E-state index in [4.69, 9.17) is 9.63 Å². The highest BCUT2D eigenvalue weighted by atomic mass is 16.5. The molecule has 0 aromatic carbocycles. The summed E-state index contributed by atoms with van der Waals surface area (Å²) in [6.07, 6.45) is 5.28. The number of amides is 1. The third kappa shape index (κ3) is 2.49. The number of hydrogen-bond donors (Lipinski definition) is 1. The van der Waals surface area contributed by atoms with Gasteiger partial charge in [0.15, 0.2) is 0 Å². The van der Waals surface area contributed by atoms with E-state index in [1.807, 2.05) is 11.8 Å². The molecule has 1 aliphatic rings. The summed E-state index contributed by atoms with van der Waals surface area (Å²) in [6, 6.07) is 0.130. The number of aromatic nitrogens is 1. The van der Waals surface area contributed by atoms with Crippen LogP contribution >= 0.6 is 0 Å². The fraction of sp³-hybridized carbons (Fsp3) is 0.667. The normalized spacial score (nSPS) is 20.6. The van der Waals surface area contributed by atoms with Crippen molar-refractivity contribution in [2.45, 2.75) is 38.6 Å². The fourth-order valence-corrected chi connectivity index (χ4v) is 2.34. The smallest absolute Gasteiger partial charge is 0.292 e. The van der Waals surface area contributed by atoms with Crippen LogP contribution in [0, 0.1) is 6.92 Å². The second-order valence-corrected chi connectivity index (χ2v) is 4.50. The molecule has 1 amide bonds. The second-order valence-electron chi connectivity index (χ2n) is 4.50. The summed E-state index contributed by atoms with van der Waals surface area (Å²) in [5.41, 5.74) is 0.767. The Morgan fingerprint density at radius 2 is 2.47 bits per heavy atom. The van der Waals surface area contributed by atoms with Crippen LogP contribution in [0.15, 0.2) is 10.7 Å². The number of nitrogens with zero attached hydrogens (tertiary/aromatic N) is 2. The van der Waals surface area contributed by atoms with Crippen LogP contribution in [0.1, 0.15) is 41.8 Å². The number of aryl methyl sites for hydroxylation is 1. The lowest BCUT2D eigenvalue weighted by Crippen LogP contribution is -2.44. The minimum atomic E-state index is -0.0989. The highest BCUT2D eigenvalue weighted by Gasteiger charge is 2.29. The number of rotatable bonds is 3. The van der Waals surface area contributed by atoms with E-state index in [0.717, 1.165) is 31.4 Å². The predicted molar refractivity (Wildman–Crippen MR) is 61.6 cm³/mol. The van der Waals surface area contributed by atoms with Gasteiger partial charge >= 0.3 is 0 Å². The molecule has 0 radical (unpaired) electrons. The molecule has 1 aromatic rings. The van der Waals surface area contributed by atoms with Crippen molar-refractivity contribution in [3.8, 4) is 0 Å². The Hall–Kier alpha value is -1.36. The Labute approximate surface area is 100 Å². The molecular weight excluding hydrogens is 220 g/mol. The first kappa shape index (κ1) is 12.1. The second kappa shape index (κ2) is 5.31. The number of piperidine rings is 1. The van der Waals surface area contributed by atoms with Gasteiger partial charge in [-0.1, -0.05) is 5.16 Å². The Bertz CT molecular complexity index is 387. The predicted octanol–water partition coefficient (Wildman–Crippen LogP) is 1.36. The van der Waals surface area contributed by atoms with Crippen LogP contribution in [0.3, 0.4) is 0 Å². The van der Waals surface area contributed by atoms with Gasteiger partial charge in [-0.25, -0.2) is 0 Å². The van der Waals surface area contributed by atoms with Gasteiger partial charge in [-0.05, 0) is 32.6 Å². The maximum atomic E-state index is 12.3. The third-order valence-corrected chi connectivity index (χ3v) is 3.29. The van der Waals surface area contributed by atoms with Gasteiger partial charge in [0, 0.05) is 24.8 Å². The maximum absolute atomic E-state index is 12.3. The minimum absolute atomic E-state index is 0.0989. The van der Waals surface area contributed by atoms with Gasteiger partial charge in [0.1, 0.15) is 0 Å². The van der Waals surface area contributed by atoms with Gasteiger partial charge in [-0.2, -0.15) is 0 Å². The Balaban J connectivity index is 2.14. The van der Waals surface area contributed by atoms with Gasteiger partial charge in [0.05, 0.1) is 6.20 Å². The standard InChI is InChI=1S/C12H18N2O3/c1-9-8-13-17-11(9)12(16)14-6-3-2-4-10(14)5-7-15/h8,10,15H,2-7H2,1H3. The molecule has 1 aromatic heterocycles. The maximum Gasteiger partial charge on any atom is 0.292 e. The molecular formula is C12H18N2O3. The first-order valence-corrected chi connectivity index (χ1v) is 6.07. The Morgan fingerprint density at radius 1 is 1.65 bits per heavy atom. The molecule has 1 saturated heterocycles. The lowest BCUT2D eigenvalue weighted by atomic mass is 9.99. The molecule has 0 bridgehead atoms. The van der Waals surface area contributed by atoms with E-state index in [0.29, 0.717) is 12.2 Å². The highest BCUT2D eigenvalue weighted by molar-refractivity contribution is 5.92. The Kier molecular flexibility index (Phi) is 3.78. The highest BCUT2D eigenvalue weighted by Crippen LogP contribution is 2.22. The Morgan fingerprint density at radius 3 is 3.12 bits per heavy atom. The van der Waals surface area contributed by atoms with Gasteiger partial charge in [-0.15, -0.1) is 0 Å². The average Bonchev–Trinajstić information content (AvgIpc) is 2.76. The van der Waals surface area contributed by atoms with Gasteiger partial charge in [0.25, 0.3) is 5.91 Å². The van der Waals surface area contributed by atoms with E-state index in [-0.39, 0.29) is 18.6 Å². The van der Waals surface area contributed by atoms with E-state index in [2.05, 4.69) is 5.16 Å². The van der Waals surface area contributed by atoms with Crippen molar-refractivity contribution >= 4 is 5.91 Å². The average molecular weight is 238 g/mol. The van der Waals surface area contributed by atoms with Crippen molar-refractivity contribution in [2.75, 3.05) is 13.2 Å². The van der Waals surface area contributed by atoms with Crippen molar-refractivity contribution < 1.29 is 14.4 Å². The molecule has 17 heavy (non-hydrogen) atoms.